The molecule has 0 radical (unpaired) electrons. The molecule has 1 saturated heterocycles. The monoisotopic (exact) mass is 373 g/mol. The number of hydrogen-bond acceptors (Lipinski definition) is 1. The van der Waals surface area contributed by atoms with Crippen LogP contribution < -0.4 is 4.90 Å². The minimum Gasteiger partial charge on any atom is -0.319 e. The van der Waals surface area contributed by atoms with Gasteiger partial charge in [-0.2, -0.15) is 0 Å². The SMILES string of the molecule is Clc1ccc(N2C(Cl)(Cl)C2(c2ccccc2)c2ccccc2)cc1. The van der Waals surface area contributed by atoms with Crippen molar-refractivity contribution in [2.45, 2.75) is 10.00 Å². The summed E-state index contributed by atoms with van der Waals surface area (Å²) in [6.07, 6.45) is 0. The fourth-order valence-electron chi connectivity index (χ4n) is 3.38. The average Bonchev–Trinajstić information content (AvgIpc) is 3.14. The van der Waals surface area contributed by atoms with E-state index in [1.807, 2.05) is 65.6 Å². The molecule has 3 aromatic carbocycles. The number of anilines is 1. The Morgan fingerprint density at radius 1 is 0.625 bits per heavy atom. The van der Waals surface area contributed by atoms with E-state index in [1.165, 1.54) is 0 Å². The van der Waals surface area contributed by atoms with Gasteiger partial charge in [-0.1, -0.05) is 95.5 Å². The quantitative estimate of drug-likeness (QED) is 0.298. The van der Waals surface area contributed by atoms with Gasteiger partial charge in [-0.15, -0.1) is 0 Å². The van der Waals surface area contributed by atoms with Gasteiger partial charge in [0.1, 0.15) is 5.54 Å². The minimum absolute atomic E-state index is 0.632. The van der Waals surface area contributed by atoms with Gasteiger partial charge in [-0.3, -0.25) is 0 Å². The smallest absolute Gasteiger partial charge is 0.223 e. The van der Waals surface area contributed by atoms with Crippen molar-refractivity contribution < 1.29 is 0 Å². The summed E-state index contributed by atoms with van der Waals surface area (Å²) in [5, 5.41) is 0.681. The molecule has 0 saturated carbocycles. The molecule has 0 bridgehead atoms. The van der Waals surface area contributed by atoms with Gasteiger partial charge in [-0.25, -0.2) is 0 Å². The van der Waals surface area contributed by atoms with E-state index in [0.717, 1.165) is 16.8 Å². The van der Waals surface area contributed by atoms with Crippen molar-refractivity contribution in [2.75, 3.05) is 4.90 Å². The van der Waals surface area contributed by atoms with Gasteiger partial charge in [0, 0.05) is 10.7 Å². The highest BCUT2D eigenvalue weighted by Crippen LogP contribution is 2.68. The Bertz CT molecular complexity index is 806. The van der Waals surface area contributed by atoms with Crippen molar-refractivity contribution >= 4 is 40.5 Å². The lowest BCUT2D eigenvalue weighted by molar-refractivity contribution is 0.829. The zero-order chi connectivity index (χ0) is 16.8. The van der Waals surface area contributed by atoms with Crippen LogP contribution in [0.4, 0.5) is 5.69 Å². The highest BCUT2D eigenvalue weighted by Gasteiger charge is 2.76. The van der Waals surface area contributed by atoms with Crippen LogP contribution in [0.5, 0.6) is 0 Å². The standard InChI is InChI=1S/C20H14Cl3N/c21-17-11-13-18(14-12-17)24-19(20(24,22)23,15-7-3-1-4-8-15)16-9-5-2-6-10-16/h1-14H. The fourth-order valence-corrected chi connectivity index (χ4v) is 4.48. The Balaban J connectivity index is 1.93. The van der Waals surface area contributed by atoms with Crippen LogP contribution in [-0.2, 0) is 5.54 Å². The van der Waals surface area contributed by atoms with Gasteiger partial charge in [-0.05, 0) is 35.4 Å². The lowest BCUT2D eigenvalue weighted by Crippen LogP contribution is -2.19. The van der Waals surface area contributed by atoms with Crippen LogP contribution in [0.2, 0.25) is 5.02 Å². The molecule has 0 atom stereocenters. The summed E-state index contributed by atoms with van der Waals surface area (Å²) in [6, 6.07) is 27.8. The molecule has 4 rings (SSSR count). The van der Waals surface area contributed by atoms with Gasteiger partial charge in [0.15, 0.2) is 0 Å². The molecule has 0 amide bonds. The highest BCUT2D eigenvalue weighted by molar-refractivity contribution is 6.55. The average molecular weight is 375 g/mol. The first kappa shape index (κ1) is 15.8. The number of alkyl halides is 2. The first-order valence-electron chi connectivity index (χ1n) is 7.63. The van der Waals surface area contributed by atoms with Crippen LogP contribution in [0, 0.1) is 0 Å². The predicted molar refractivity (Wildman–Crippen MR) is 102 cm³/mol. The van der Waals surface area contributed by atoms with Crippen LogP contribution >= 0.6 is 34.8 Å². The van der Waals surface area contributed by atoms with Crippen molar-refractivity contribution in [1.29, 1.82) is 0 Å². The molecule has 0 aliphatic carbocycles. The summed E-state index contributed by atoms with van der Waals surface area (Å²) in [4.78, 5) is 2.02. The molecule has 1 aliphatic heterocycles. The summed E-state index contributed by atoms with van der Waals surface area (Å²) in [7, 11) is 0. The zero-order valence-corrected chi connectivity index (χ0v) is 14.9. The van der Waals surface area contributed by atoms with Crippen LogP contribution in [0.1, 0.15) is 11.1 Å². The molecule has 1 nitrogen and oxygen atoms in total. The van der Waals surface area contributed by atoms with E-state index >= 15 is 0 Å². The third-order valence-electron chi connectivity index (χ3n) is 4.47. The molecule has 3 aromatic rings. The maximum absolute atomic E-state index is 6.83. The Kier molecular flexibility index (Phi) is 3.76. The molecule has 120 valence electrons. The molecule has 0 unspecified atom stereocenters. The van der Waals surface area contributed by atoms with Crippen molar-refractivity contribution in [1.82, 2.24) is 0 Å². The lowest BCUT2D eigenvalue weighted by Gasteiger charge is -2.19. The molecule has 0 spiro atoms. The third kappa shape index (κ3) is 2.16. The van der Waals surface area contributed by atoms with E-state index in [-0.39, 0.29) is 0 Å². The Hall–Kier alpha value is -1.67. The second-order valence-corrected chi connectivity index (χ2v) is 7.52. The topological polar surface area (TPSA) is 3.01 Å². The Morgan fingerprint density at radius 3 is 1.54 bits per heavy atom. The van der Waals surface area contributed by atoms with Gasteiger partial charge in [0.2, 0.25) is 4.46 Å². The lowest BCUT2D eigenvalue weighted by atomic mass is 9.90. The third-order valence-corrected chi connectivity index (χ3v) is 5.61. The second-order valence-electron chi connectivity index (χ2n) is 5.80. The van der Waals surface area contributed by atoms with Crippen LogP contribution in [0.25, 0.3) is 0 Å². The van der Waals surface area contributed by atoms with Gasteiger partial charge < -0.3 is 4.90 Å². The predicted octanol–water partition coefficient (Wildman–Crippen LogP) is 6.24. The van der Waals surface area contributed by atoms with E-state index < -0.39 is 10.00 Å². The van der Waals surface area contributed by atoms with E-state index in [4.69, 9.17) is 34.8 Å². The number of nitrogens with zero attached hydrogens (tertiary/aromatic N) is 1. The highest BCUT2D eigenvalue weighted by atomic mass is 35.5. The molecule has 0 aromatic heterocycles. The van der Waals surface area contributed by atoms with E-state index in [2.05, 4.69) is 24.3 Å². The maximum Gasteiger partial charge on any atom is 0.223 e. The van der Waals surface area contributed by atoms with Crippen LogP contribution in [0.15, 0.2) is 84.9 Å². The maximum atomic E-state index is 6.83. The first-order valence-corrected chi connectivity index (χ1v) is 8.76. The molecule has 1 fully saturated rings. The number of benzene rings is 3. The summed E-state index contributed by atoms with van der Waals surface area (Å²) >= 11 is 19.7. The fraction of sp³-hybridized carbons (Fsp3) is 0.100. The van der Waals surface area contributed by atoms with Gasteiger partial charge in [0.05, 0.1) is 0 Å². The van der Waals surface area contributed by atoms with Crippen molar-refractivity contribution in [3.63, 3.8) is 0 Å². The minimum atomic E-state index is -1.08. The molecule has 24 heavy (non-hydrogen) atoms. The van der Waals surface area contributed by atoms with E-state index in [9.17, 15) is 0 Å². The molecule has 0 N–H and O–H groups in total. The molecular weight excluding hydrogens is 361 g/mol. The van der Waals surface area contributed by atoms with E-state index in [1.54, 1.807) is 0 Å². The largest absolute Gasteiger partial charge is 0.319 e. The summed E-state index contributed by atoms with van der Waals surface area (Å²) in [5.74, 6) is 0. The second kappa shape index (κ2) is 5.70. The number of hydrogen-bond donors (Lipinski definition) is 0. The van der Waals surface area contributed by atoms with Crippen molar-refractivity contribution in [2.24, 2.45) is 0 Å². The van der Waals surface area contributed by atoms with Gasteiger partial charge in [0.25, 0.3) is 0 Å². The Morgan fingerprint density at radius 2 is 1.08 bits per heavy atom. The molecule has 1 aliphatic rings. The number of rotatable bonds is 3. The zero-order valence-electron chi connectivity index (χ0n) is 12.7. The molecule has 1 heterocycles. The molecule has 4 heteroatoms. The summed E-state index contributed by atoms with van der Waals surface area (Å²) in [5.41, 5.74) is 2.40. The summed E-state index contributed by atoms with van der Waals surface area (Å²) < 4.78 is -1.08. The Labute approximate surface area is 156 Å². The first-order chi connectivity index (χ1) is 11.6. The van der Waals surface area contributed by atoms with Crippen molar-refractivity contribution in [3.8, 4) is 0 Å². The van der Waals surface area contributed by atoms with Crippen LogP contribution in [0.3, 0.4) is 0 Å². The normalized spacial score (nSPS) is 17.5. The molecular formula is C20H14Cl3N. The van der Waals surface area contributed by atoms with E-state index in [0.29, 0.717) is 5.02 Å². The number of halogens is 3. The van der Waals surface area contributed by atoms with Gasteiger partial charge >= 0.3 is 0 Å². The van der Waals surface area contributed by atoms with Crippen LogP contribution in [-0.4, -0.2) is 4.46 Å². The summed E-state index contributed by atoms with van der Waals surface area (Å²) in [6.45, 7) is 0. The van der Waals surface area contributed by atoms with Crippen molar-refractivity contribution in [3.05, 3.63) is 101 Å².